The van der Waals surface area contributed by atoms with E-state index in [1.165, 1.54) is 11.3 Å². The van der Waals surface area contributed by atoms with E-state index >= 15 is 0 Å². The Morgan fingerprint density at radius 1 is 1.22 bits per heavy atom. The molecule has 18 heavy (non-hydrogen) atoms. The maximum Gasteiger partial charge on any atom is 0.0378 e. The molecule has 0 spiro atoms. The fraction of sp³-hybridized carbons (Fsp3) is 0.571. The van der Waals surface area contributed by atoms with Crippen molar-refractivity contribution in [3.05, 3.63) is 28.2 Å². The molecular weight excluding hydrogens is 290 g/mol. The smallest absolute Gasteiger partial charge is 0.0378 e. The topological polar surface area (TPSA) is 32.5 Å². The maximum absolute atomic E-state index is 5.68. The molecule has 0 unspecified atom stereocenters. The van der Waals surface area contributed by atoms with Gasteiger partial charge in [0, 0.05) is 48.9 Å². The molecule has 0 aromatic heterocycles. The molecule has 4 heteroatoms. The lowest BCUT2D eigenvalue weighted by Gasteiger charge is -2.38. The standard InChI is InChI=1S/C14H22BrN3/c1-11(2)17-5-7-18(8-6-17)13-4-3-12(10-16)14(15)9-13/h3-4,9,11H,5-8,10,16H2,1-2H3. The molecule has 0 aliphatic carbocycles. The monoisotopic (exact) mass is 311 g/mol. The van der Waals surface area contributed by atoms with E-state index in [0.717, 1.165) is 30.7 Å². The second-order valence-corrected chi connectivity index (χ2v) is 5.95. The molecule has 100 valence electrons. The predicted octanol–water partition coefficient (Wildman–Crippen LogP) is 2.44. The summed E-state index contributed by atoms with van der Waals surface area (Å²) in [5.74, 6) is 0. The number of piperazine rings is 1. The molecular formula is C14H22BrN3. The highest BCUT2D eigenvalue weighted by Gasteiger charge is 2.19. The molecule has 0 saturated carbocycles. The normalized spacial score (nSPS) is 17.5. The number of halogens is 1. The van der Waals surface area contributed by atoms with Crippen molar-refractivity contribution in [1.29, 1.82) is 0 Å². The second kappa shape index (κ2) is 6.04. The Morgan fingerprint density at radius 2 is 1.89 bits per heavy atom. The highest BCUT2D eigenvalue weighted by Crippen LogP contribution is 2.25. The van der Waals surface area contributed by atoms with E-state index in [9.17, 15) is 0 Å². The summed E-state index contributed by atoms with van der Waals surface area (Å²) in [4.78, 5) is 4.98. The first kappa shape index (κ1) is 13.8. The molecule has 0 atom stereocenters. The third-order valence-electron chi connectivity index (χ3n) is 3.67. The molecule has 3 nitrogen and oxygen atoms in total. The van der Waals surface area contributed by atoms with Crippen LogP contribution in [0.1, 0.15) is 19.4 Å². The van der Waals surface area contributed by atoms with Crippen molar-refractivity contribution >= 4 is 21.6 Å². The van der Waals surface area contributed by atoms with Crippen LogP contribution < -0.4 is 10.6 Å². The van der Waals surface area contributed by atoms with Gasteiger partial charge in [0.25, 0.3) is 0 Å². The van der Waals surface area contributed by atoms with E-state index in [0.29, 0.717) is 12.6 Å². The number of anilines is 1. The van der Waals surface area contributed by atoms with Gasteiger partial charge in [-0.05, 0) is 31.5 Å². The fourth-order valence-corrected chi connectivity index (χ4v) is 2.92. The first-order valence-electron chi connectivity index (χ1n) is 6.59. The number of hydrogen-bond donors (Lipinski definition) is 1. The van der Waals surface area contributed by atoms with Crippen LogP contribution in [0.2, 0.25) is 0 Å². The third-order valence-corrected chi connectivity index (χ3v) is 4.40. The van der Waals surface area contributed by atoms with Crippen molar-refractivity contribution in [2.45, 2.75) is 26.4 Å². The number of nitrogens with two attached hydrogens (primary N) is 1. The molecule has 0 bridgehead atoms. The van der Waals surface area contributed by atoms with Crippen molar-refractivity contribution in [1.82, 2.24) is 4.90 Å². The lowest BCUT2D eigenvalue weighted by Crippen LogP contribution is -2.48. The summed E-state index contributed by atoms with van der Waals surface area (Å²) in [5, 5.41) is 0. The first-order valence-corrected chi connectivity index (χ1v) is 7.38. The zero-order chi connectivity index (χ0) is 13.1. The molecule has 0 amide bonds. The Morgan fingerprint density at radius 3 is 2.39 bits per heavy atom. The highest BCUT2D eigenvalue weighted by molar-refractivity contribution is 9.10. The van der Waals surface area contributed by atoms with Crippen LogP contribution in [-0.4, -0.2) is 37.1 Å². The summed E-state index contributed by atoms with van der Waals surface area (Å²) in [6.45, 7) is 9.62. The second-order valence-electron chi connectivity index (χ2n) is 5.10. The Balaban J connectivity index is 2.03. The van der Waals surface area contributed by atoms with E-state index in [2.05, 4.69) is 57.8 Å². The predicted molar refractivity (Wildman–Crippen MR) is 81.0 cm³/mol. The van der Waals surface area contributed by atoms with Crippen LogP contribution >= 0.6 is 15.9 Å². The van der Waals surface area contributed by atoms with E-state index in [1.54, 1.807) is 0 Å². The largest absolute Gasteiger partial charge is 0.369 e. The zero-order valence-corrected chi connectivity index (χ0v) is 12.8. The van der Waals surface area contributed by atoms with Crippen molar-refractivity contribution in [2.24, 2.45) is 5.73 Å². The van der Waals surface area contributed by atoms with Crippen LogP contribution in [0.5, 0.6) is 0 Å². The molecule has 1 aromatic carbocycles. The summed E-state index contributed by atoms with van der Waals surface area (Å²) in [6, 6.07) is 7.14. The first-order chi connectivity index (χ1) is 8.61. The minimum absolute atomic E-state index is 0.585. The van der Waals surface area contributed by atoms with Crippen molar-refractivity contribution < 1.29 is 0 Å². The number of benzene rings is 1. The van der Waals surface area contributed by atoms with Gasteiger partial charge in [0.05, 0.1) is 0 Å². The van der Waals surface area contributed by atoms with E-state index in [4.69, 9.17) is 5.73 Å². The Bertz CT molecular complexity index is 398. The van der Waals surface area contributed by atoms with Crippen LogP contribution in [0.25, 0.3) is 0 Å². The molecule has 0 radical (unpaired) electrons. The fourth-order valence-electron chi connectivity index (χ4n) is 2.39. The summed E-state index contributed by atoms with van der Waals surface area (Å²) < 4.78 is 1.12. The van der Waals surface area contributed by atoms with Crippen LogP contribution in [0.15, 0.2) is 22.7 Å². The van der Waals surface area contributed by atoms with E-state index in [1.807, 2.05) is 0 Å². The van der Waals surface area contributed by atoms with Gasteiger partial charge in [-0.15, -0.1) is 0 Å². The third kappa shape index (κ3) is 3.05. The molecule has 2 rings (SSSR count). The number of rotatable bonds is 3. The number of hydrogen-bond acceptors (Lipinski definition) is 3. The van der Waals surface area contributed by atoms with Crippen LogP contribution in [0.4, 0.5) is 5.69 Å². The highest BCUT2D eigenvalue weighted by atomic mass is 79.9. The molecule has 1 aliphatic heterocycles. The number of nitrogens with zero attached hydrogens (tertiary/aromatic N) is 2. The summed E-state index contributed by atoms with van der Waals surface area (Å²) >= 11 is 3.59. The van der Waals surface area contributed by atoms with Crippen molar-refractivity contribution in [3.8, 4) is 0 Å². The summed E-state index contributed by atoms with van der Waals surface area (Å²) in [7, 11) is 0. The van der Waals surface area contributed by atoms with Gasteiger partial charge in [-0.1, -0.05) is 22.0 Å². The molecule has 1 aliphatic rings. The average Bonchev–Trinajstić information content (AvgIpc) is 2.38. The van der Waals surface area contributed by atoms with Crippen molar-refractivity contribution in [3.63, 3.8) is 0 Å². The van der Waals surface area contributed by atoms with Gasteiger partial charge in [0.2, 0.25) is 0 Å². The molecule has 1 saturated heterocycles. The Labute approximate surface area is 118 Å². The SMILES string of the molecule is CC(C)N1CCN(c2ccc(CN)c(Br)c2)CC1. The Kier molecular flexibility index (Phi) is 4.65. The average molecular weight is 312 g/mol. The maximum atomic E-state index is 5.68. The zero-order valence-electron chi connectivity index (χ0n) is 11.2. The molecule has 1 fully saturated rings. The Hall–Kier alpha value is -0.580. The van der Waals surface area contributed by atoms with E-state index in [-0.39, 0.29) is 0 Å². The lowest BCUT2D eigenvalue weighted by atomic mass is 10.1. The molecule has 2 N–H and O–H groups in total. The minimum Gasteiger partial charge on any atom is -0.369 e. The molecule has 1 aromatic rings. The lowest BCUT2D eigenvalue weighted by molar-refractivity contribution is 0.209. The molecule has 1 heterocycles. The summed E-state index contributed by atoms with van der Waals surface area (Å²) in [5.41, 5.74) is 8.14. The van der Waals surface area contributed by atoms with Crippen LogP contribution in [-0.2, 0) is 6.54 Å². The van der Waals surface area contributed by atoms with Gasteiger partial charge >= 0.3 is 0 Å². The van der Waals surface area contributed by atoms with Crippen molar-refractivity contribution in [2.75, 3.05) is 31.1 Å². The van der Waals surface area contributed by atoms with Gasteiger partial charge in [-0.25, -0.2) is 0 Å². The quantitative estimate of drug-likeness (QED) is 0.930. The van der Waals surface area contributed by atoms with Gasteiger partial charge in [0.15, 0.2) is 0 Å². The summed E-state index contributed by atoms with van der Waals surface area (Å²) in [6.07, 6.45) is 0. The van der Waals surface area contributed by atoms with Crippen LogP contribution in [0, 0.1) is 0 Å². The van der Waals surface area contributed by atoms with Crippen LogP contribution in [0.3, 0.4) is 0 Å². The van der Waals surface area contributed by atoms with Gasteiger partial charge in [-0.3, -0.25) is 4.90 Å². The minimum atomic E-state index is 0.585. The van der Waals surface area contributed by atoms with E-state index < -0.39 is 0 Å². The van der Waals surface area contributed by atoms with Gasteiger partial charge in [0.1, 0.15) is 0 Å². The van der Waals surface area contributed by atoms with Gasteiger partial charge in [-0.2, -0.15) is 0 Å². The van der Waals surface area contributed by atoms with Gasteiger partial charge < -0.3 is 10.6 Å².